The third kappa shape index (κ3) is 4.79. The van der Waals surface area contributed by atoms with Crippen LogP contribution in [-0.2, 0) is 11.2 Å². The van der Waals surface area contributed by atoms with Crippen molar-refractivity contribution in [1.29, 1.82) is 0 Å². The van der Waals surface area contributed by atoms with Gasteiger partial charge in [0.15, 0.2) is 5.78 Å². The van der Waals surface area contributed by atoms with Crippen LogP contribution in [0.2, 0.25) is 0 Å². The van der Waals surface area contributed by atoms with Crippen LogP contribution in [0.4, 0.5) is 8.78 Å². The van der Waals surface area contributed by atoms with E-state index in [1.54, 1.807) is 11.3 Å². The summed E-state index contributed by atoms with van der Waals surface area (Å²) in [7, 11) is 0. The zero-order chi connectivity index (χ0) is 20.1. The molecule has 148 valence electrons. The van der Waals surface area contributed by atoms with Crippen molar-refractivity contribution in [2.75, 3.05) is 13.2 Å². The molecule has 1 heterocycles. The summed E-state index contributed by atoms with van der Waals surface area (Å²) in [6, 6.07) is 12.2. The van der Waals surface area contributed by atoms with Gasteiger partial charge in [0.05, 0.1) is 0 Å². The van der Waals surface area contributed by atoms with Crippen LogP contribution in [0.3, 0.4) is 0 Å². The first-order chi connectivity index (χ1) is 12.7. The zero-order valence-corrected chi connectivity index (χ0v) is 16.2. The molecule has 0 fully saturated rings. The van der Waals surface area contributed by atoms with E-state index in [-0.39, 0.29) is 6.54 Å². The van der Waals surface area contributed by atoms with Gasteiger partial charge in [-0.05, 0) is 55.8 Å². The van der Waals surface area contributed by atoms with E-state index in [1.165, 1.54) is 11.8 Å². The number of aryl methyl sites for hydroxylation is 1. The largest absolute Gasteiger partial charge is 0.389 e. The van der Waals surface area contributed by atoms with Crippen molar-refractivity contribution in [1.82, 2.24) is 5.32 Å². The Balaban J connectivity index is 1.94. The molecule has 0 saturated heterocycles. The van der Waals surface area contributed by atoms with E-state index in [9.17, 15) is 18.7 Å². The lowest BCUT2D eigenvalue weighted by Crippen LogP contribution is -2.68. The summed E-state index contributed by atoms with van der Waals surface area (Å²) in [4.78, 5) is 13.2. The lowest BCUT2D eigenvalue weighted by molar-refractivity contribution is -0.160. The fourth-order valence-electron chi connectivity index (χ4n) is 2.85. The summed E-state index contributed by atoms with van der Waals surface area (Å²) in [6.07, 6.45) is -1.85. The molecule has 2 unspecified atom stereocenters. The minimum Gasteiger partial charge on any atom is -0.389 e. The maximum Gasteiger partial charge on any atom is 0.268 e. The van der Waals surface area contributed by atoms with Gasteiger partial charge in [0, 0.05) is 4.88 Å². The van der Waals surface area contributed by atoms with Crippen LogP contribution in [0.25, 0.3) is 10.4 Å². The molecule has 0 aliphatic rings. The number of ketones is 1. The average Bonchev–Trinajstić information content (AvgIpc) is 3.19. The fourth-order valence-corrected chi connectivity index (χ4v) is 3.58. The second-order valence-electron chi connectivity index (χ2n) is 6.86. The first kappa shape index (κ1) is 21.6. The maximum atomic E-state index is 13.2. The summed E-state index contributed by atoms with van der Waals surface area (Å²) in [5.74, 6) is -0.867. The molecule has 3 N–H and O–H groups in total. The minimum atomic E-state index is -3.13. The van der Waals surface area contributed by atoms with Crippen LogP contribution in [0, 0.1) is 0 Å². The highest BCUT2D eigenvalue weighted by molar-refractivity contribution is 7.13. The van der Waals surface area contributed by atoms with Crippen molar-refractivity contribution in [3.8, 4) is 10.4 Å². The Kier molecular flexibility index (Phi) is 7.22. The van der Waals surface area contributed by atoms with E-state index in [0.29, 0.717) is 12.8 Å². The number of alkyl halides is 2. The Hall–Kier alpha value is -1.67. The van der Waals surface area contributed by atoms with Gasteiger partial charge in [-0.15, -0.1) is 11.3 Å². The highest BCUT2D eigenvalue weighted by Crippen LogP contribution is 2.30. The van der Waals surface area contributed by atoms with Gasteiger partial charge < -0.3 is 15.5 Å². The molecule has 0 spiro atoms. The highest BCUT2D eigenvalue weighted by atomic mass is 32.1. The van der Waals surface area contributed by atoms with Crippen molar-refractivity contribution < 1.29 is 23.8 Å². The van der Waals surface area contributed by atoms with E-state index in [1.807, 2.05) is 35.7 Å². The summed E-state index contributed by atoms with van der Waals surface area (Å²) in [5.41, 5.74) is -2.29. The molecule has 2 atom stereocenters. The number of carbonyl (C=O) groups is 1. The summed E-state index contributed by atoms with van der Waals surface area (Å²) < 4.78 is 26.4. The van der Waals surface area contributed by atoms with E-state index in [2.05, 4.69) is 11.4 Å². The Bertz CT molecular complexity index is 732. The summed E-state index contributed by atoms with van der Waals surface area (Å²) in [5, 5.41) is 24.0. The van der Waals surface area contributed by atoms with Crippen molar-refractivity contribution in [3.63, 3.8) is 0 Å². The SMILES string of the molecule is CC(NCCCc1ccc(-c2cccs2)cc1)(C(=O)CO)C(C)(O)C(F)F. The smallest absolute Gasteiger partial charge is 0.268 e. The van der Waals surface area contributed by atoms with Crippen LogP contribution in [-0.4, -0.2) is 46.7 Å². The van der Waals surface area contributed by atoms with Crippen LogP contribution < -0.4 is 5.32 Å². The molecule has 2 rings (SSSR count). The standard InChI is InChI=1S/C20H25F2NO3S/c1-19(17(25)13-24,20(2,26)18(21)22)23-11-3-5-14-7-9-15(10-8-14)16-6-4-12-27-16/h4,6-10,12,18,23-24,26H,3,5,11,13H2,1-2H3. The zero-order valence-electron chi connectivity index (χ0n) is 15.4. The number of hydrogen-bond acceptors (Lipinski definition) is 5. The Morgan fingerprint density at radius 3 is 2.41 bits per heavy atom. The first-order valence-electron chi connectivity index (χ1n) is 8.75. The molecule has 0 saturated carbocycles. The molecule has 2 aromatic rings. The Morgan fingerprint density at radius 1 is 1.22 bits per heavy atom. The molecular formula is C20H25F2NO3S. The normalized spacial score (nSPS) is 16.1. The maximum absolute atomic E-state index is 13.2. The number of aliphatic hydroxyl groups is 2. The molecule has 4 nitrogen and oxygen atoms in total. The Labute approximate surface area is 161 Å². The number of nitrogens with one attached hydrogen (secondary N) is 1. The predicted molar refractivity (Wildman–Crippen MR) is 103 cm³/mol. The predicted octanol–water partition coefficient (Wildman–Crippen LogP) is 3.27. The third-order valence-corrected chi connectivity index (χ3v) is 5.94. The quantitative estimate of drug-likeness (QED) is 0.538. The molecule has 7 heteroatoms. The number of Topliss-reactive ketones (excluding diaryl/α,β-unsaturated/α-hetero) is 1. The number of thiophene rings is 1. The molecule has 0 radical (unpaired) electrons. The molecule has 1 aromatic carbocycles. The Morgan fingerprint density at radius 2 is 1.89 bits per heavy atom. The third-order valence-electron chi connectivity index (χ3n) is 5.02. The molecule has 0 bridgehead atoms. The van der Waals surface area contributed by atoms with Gasteiger partial charge in [0.2, 0.25) is 0 Å². The average molecular weight is 397 g/mol. The topological polar surface area (TPSA) is 69.6 Å². The highest BCUT2D eigenvalue weighted by Gasteiger charge is 2.54. The number of rotatable bonds is 10. The van der Waals surface area contributed by atoms with E-state index < -0.39 is 30.0 Å². The minimum absolute atomic E-state index is 0.248. The van der Waals surface area contributed by atoms with Crippen LogP contribution in [0.15, 0.2) is 41.8 Å². The second kappa shape index (κ2) is 9.01. The second-order valence-corrected chi connectivity index (χ2v) is 7.81. The molecule has 0 aliphatic carbocycles. The number of hydrogen-bond donors (Lipinski definition) is 3. The van der Waals surface area contributed by atoms with Gasteiger partial charge in [-0.25, -0.2) is 8.78 Å². The van der Waals surface area contributed by atoms with Crippen molar-refractivity contribution in [2.24, 2.45) is 0 Å². The van der Waals surface area contributed by atoms with Crippen molar-refractivity contribution in [2.45, 2.75) is 44.3 Å². The lowest BCUT2D eigenvalue weighted by atomic mass is 9.79. The number of halogens is 2. The van der Waals surface area contributed by atoms with Crippen LogP contribution >= 0.6 is 11.3 Å². The van der Waals surface area contributed by atoms with Crippen molar-refractivity contribution >= 4 is 17.1 Å². The van der Waals surface area contributed by atoms with Crippen LogP contribution in [0.5, 0.6) is 0 Å². The molecule has 0 amide bonds. The number of carbonyl (C=O) groups excluding carboxylic acids is 1. The summed E-state index contributed by atoms with van der Waals surface area (Å²) in [6.45, 7) is 1.43. The van der Waals surface area contributed by atoms with Crippen LogP contribution in [0.1, 0.15) is 25.8 Å². The van der Waals surface area contributed by atoms with Gasteiger partial charge in [-0.3, -0.25) is 4.79 Å². The first-order valence-corrected chi connectivity index (χ1v) is 9.63. The van der Waals surface area contributed by atoms with Gasteiger partial charge in [-0.1, -0.05) is 30.3 Å². The number of aliphatic hydroxyl groups excluding tert-OH is 1. The van der Waals surface area contributed by atoms with Gasteiger partial charge in [-0.2, -0.15) is 0 Å². The molecular weight excluding hydrogens is 372 g/mol. The summed E-state index contributed by atoms with van der Waals surface area (Å²) >= 11 is 1.67. The monoisotopic (exact) mass is 397 g/mol. The van der Waals surface area contributed by atoms with E-state index in [0.717, 1.165) is 18.1 Å². The van der Waals surface area contributed by atoms with E-state index in [4.69, 9.17) is 5.11 Å². The molecule has 0 aliphatic heterocycles. The number of benzene rings is 1. The van der Waals surface area contributed by atoms with Gasteiger partial charge >= 0.3 is 0 Å². The van der Waals surface area contributed by atoms with E-state index >= 15 is 0 Å². The van der Waals surface area contributed by atoms with Gasteiger partial charge in [0.25, 0.3) is 6.43 Å². The lowest BCUT2D eigenvalue weighted by Gasteiger charge is -2.41. The molecule has 1 aromatic heterocycles. The van der Waals surface area contributed by atoms with Crippen molar-refractivity contribution in [3.05, 3.63) is 47.3 Å². The molecule has 27 heavy (non-hydrogen) atoms. The fraction of sp³-hybridized carbons (Fsp3) is 0.450. The van der Waals surface area contributed by atoms with Gasteiger partial charge in [0.1, 0.15) is 17.7 Å².